The zero-order valence-electron chi connectivity index (χ0n) is 83.2. The summed E-state index contributed by atoms with van der Waals surface area (Å²) in [6.07, 6.45) is 32.9. The highest BCUT2D eigenvalue weighted by molar-refractivity contribution is 5.97. The molecule has 0 spiro atoms. The van der Waals surface area contributed by atoms with Crippen LogP contribution in [0.3, 0.4) is 0 Å². The van der Waals surface area contributed by atoms with Gasteiger partial charge >= 0.3 is 29.8 Å². The topological polar surface area (TPSA) is 441 Å². The molecule has 0 fully saturated rings. The minimum atomic E-state index is -0.667. The van der Waals surface area contributed by atoms with E-state index >= 15 is 0 Å². The van der Waals surface area contributed by atoms with Crippen LogP contribution in [0.15, 0.2) is 152 Å². The van der Waals surface area contributed by atoms with Crippen LogP contribution in [0.5, 0.6) is 46.0 Å². The maximum atomic E-state index is 13.1. The van der Waals surface area contributed by atoms with E-state index in [1.165, 1.54) is 85.1 Å². The van der Waals surface area contributed by atoms with E-state index in [1.54, 1.807) is 42.2 Å². The Morgan fingerprint density at radius 1 is 0.350 bits per heavy atom. The van der Waals surface area contributed by atoms with Gasteiger partial charge in [-0.3, -0.25) is 48.2 Å². The third-order valence-corrected chi connectivity index (χ3v) is 24.8. The highest BCUT2D eigenvalue weighted by Crippen LogP contribution is 2.40. The van der Waals surface area contributed by atoms with Crippen molar-refractivity contribution in [3.05, 3.63) is 224 Å². The number of aromatic hydroxyl groups is 8. The van der Waals surface area contributed by atoms with E-state index in [4.69, 9.17) is 47.9 Å². The molecule has 5 heterocycles. The van der Waals surface area contributed by atoms with Crippen LogP contribution in [0, 0.1) is 49.4 Å². The molecule has 5 amide bonds. The summed E-state index contributed by atoms with van der Waals surface area (Å²) in [5, 5.41) is 86.9. The van der Waals surface area contributed by atoms with Gasteiger partial charge in [0.25, 0.3) is 0 Å². The highest BCUT2D eigenvalue weighted by Gasteiger charge is 2.34. The summed E-state index contributed by atoms with van der Waals surface area (Å²) in [5.41, 5.74) is 6.52. The van der Waals surface area contributed by atoms with Gasteiger partial charge < -0.3 is 64.5 Å². The van der Waals surface area contributed by atoms with E-state index in [1.807, 2.05) is 125 Å². The number of fused-ring (bicyclic) bond motifs is 5. The van der Waals surface area contributed by atoms with Crippen molar-refractivity contribution in [1.82, 2.24) is 25.3 Å². The Morgan fingerprint density at radius 2 is 0.636 bits per heavy atom. The van der Waals surface area contributed by atoms with Gasteiger partial charge in [-0.15, -0.1) is 0 Å². The minimum Gasteiger partial charge on any atom is -0.508 e. The summed E-state index contributed by atoms with van der Waals surface area (Å²) < 4.78 is 27.5. The molecule has 33 heteroatoms. The standard InChI is InChI=1S/C25H29NO6.C22H31NO6.C21H29NO4.C20H27NO6.C19H25NO6/c1-26(31-2)23(29)14-17-9-5-3-8-12-22(18-10-6-4-7-11-18)32-25(30)24-19(13-17)15-20(27)16-21(24)28;1-14(2)19-9-7-5-6-8-15(11-20(26)23(3)28-4)10-16-12-17(24)13-18(25)21(16)22(27)29-19;1-15-11-16(2)20-18(12-15)13-17(14-19(23)22(3)25-4)9-7-5-6-8-10-26-21(20)24;1-13-7-5-4-6-8-14(10-18(24)21(2)26-3)9-15-11-16(22)12-17(23)19(15)20(25)27-13;1-20(25-2)17(23)10-13-7-5-3-4-6-8-26-19(24)18-14(9-13)11-15(21)12-16(18)22/h3-4,6-8,10-11,15-17,22,27-28H,5,9,12-14H2,1-2H3;5,7,12-15,19,24-25H,6,8-11H2,1-4H3;5-6,11-12,17H,7-10,13-14H2,1-4H3;4-5,11-14,22-23H,6-10H2,1-3H3;3-4,11-13,21-22H,5-10H2,1-2H3/b8-3+;7-5+;6-5+;5-4+;4-3+/t17?,22-;15?,19-;;13-,14?;/m00.0./s1. The van der Waals surface area contributed by atoms with Gasteiger partial charge in [0.1, 0.15) is 86.6 Å². The number of ether oxygens (including phenoxy) is 5. The Labute approximate surface area is 820 Å². The zero-order valence-corrected chi connectivity index (χ0v) is 83.2. The first-order valence-corrected chi connectivity index (χ1v) is 47.4. The Balaban J connectivity index is 0.000000238. The number of rotatable bonds is 17. The van der Waals surface area contributed by atoms with Crippen molar-refractivity contribution in [2.45, 2.75) is 213 Å². The van der Waals surface area contributed by atoms with Crippen molar-refractivity contribution in [1.29, 1.82) is 0 Å². The number of carbonyl (C=O) groups excluding carboxylic acids is 10. The van der Waals surface area contributed by atoms with Gasteiger partial charge in [-0.1, -0.05) is 123 Å². The predicted octanol–water partition coefficient (Wildman–Crippen LogP) is 17.2. The number of phenolic OH excluding ortho intramolecular Hbond substituents is 8. The number of hydrogen-bond acceptors (Lipinski definition) is 28. The fourth-order valence-corrected chi connectivity index (χ4v) is 17.0. The summed E-state index contributed by atoms with van der Waals surface area (Å²) in [6.45, 7) is 10.3. The first-order chi connectivity index (χ1) is 66.8. The van der Waals surface area contributed by atoms with Gasteiger partial charge in [0.15, 0.2) is 0 Å². The van der Waals surface area contributed by atoms with Gasteiger partial charge in [-0.05, 0) is 229 Å². The number of allylic oxidation sites excluding steroid dienone is 5. The fourth-order valence-electron chi connectivity index (χ4n) is 17.0. The molecule has 0 saturated heterocycles. The molecule has 0 aromatic heterocycles. The molecular weight excluding hydrogens is 1800 g/mol. The van der Waals surface area contributed by atoms with Crippen molar-refractivity contribution in [2.24, 2.45) is 35.5 Å². The number of nitrogens with zero attached hydrogens (tertiary/aromatic N) is 5. The minimum absolute atomic E-state index is 0.0193. The van der Waals surface area contributed by atoms with Crippen LogP contribution in [0.1, 0.15) is 252 Å². The number of amides is 5. The van der Waals surface area contributed by atoms with Crippen LogP contribution in [-0.4, -0.2) is 222 Å². The third kappa shape index (κ3) is 36.6. The summed E-state index contributed by atoms with van der Waals surface area (Å²) in [6, 6.07) is 23.8. The number of cyclic esters (lactones) is 5. The van der Waals surface area contributed by atoms with Crippen molar-refractivity contribution in [3.8, 4) is 46.0 Å². The summed E-state index contributed by atoms with van der Waals surface area (Å²) in [4.78, 5) is 150. The van der Waals surface area contributed by atoms with E-state index in [0.717, 1.165) is 104 Å². The van der Waals surface area contributed by atoms with Crippen molar-refractivity contribution < 1.29 is 137 Å². The second-order valence-electron chi connectivity index (χ2n) is 35.9. The molecule has 8 atom stereocenters. The summed E-state index contributed by atoms with van der Waals surface area (Å²) >= 11 is 0. The largest absolute Gasteiger partial charge is 0.508 e. The predicted molar refractivity (Wildman–Crippen MR) is 522 cm³/mol. The molecule has 5 aliphatic heterocycles. The van der Waals surface area contributed by atoms with Gasteiger partial charge in [0.2, 0.25) is 29.5 Å². The lowest BCUT2D eigenvalue weighted by atomic mass is 9.87. The maximum absolute atomic E-state index is 13.1. The molecular formula is C107H141N5O28. The summed E-state index contributed by atoms with van der Waals surface area (Å²) in [7, 11) is 15.0. The number of benzene rings is 6. The SMILES string of the molecule is CON(C)C(=O)CC1CC/C=C/CCOC(=O)c2c(C)cc(C)cc2C1.CON(C)C(=O)CC1CC/C=C/CCOC(=O)c2c(O)cc(O)cc2C1.CON(C)C(=O)CC1CC/C=C/C[C@@H](C(C)C)OC(=O)c2c(O)cc(O)cc2C1.CON(C)C(=O)CC1CC/C=C/C[C@@H](c2ccccc2)OC(=O)c2c(O)cc(O)cc2C1.CON(C)C(=O)CC1CC/C=C/C[C@H](C)OC(=O)c2c(O)cc(O)cc2C1. The molecule has 6 aromatic carbocycles. The first-order valence-electron chi connectivity index (χ1n) is 47.4. The average Bonchev–Trinajstić information content (AvgIpc) is 0.820. The van der Waals surface area contributed by atoms with Gasteiger partial charge in [-0.25, -0.2) is 49.3 Å². The lowest BCUT2D eigenvalue weighted by molar-refractivity contribution is -0.170. The second kappa shape index (κ2) is 58.1. The molecule has 0 bridgehead atoms. The van der Waals surface area contributed by atoms with Crippen LogP contribution in [0.4, 0.5) is 0 Å². The molecule has 11 rings (SSSR count). The molecule has 8 N–H and O–H groups in total. The van der Waals surface area contributed by atoms with E-state index in [2.05, 4.69) is 6.08 Å². The number of hydroxylamine groups is 10. The van der Waals surface area contributed by atoms with Crippen molar-refractivity contribution in [2.75, 3.05) is 84.0 Å². The van der Waals surface area contributed by atoms with Gasteiger partial charge in [0.05, 0.1) is 54.3 Å². The van der Waals surface area contributed by atoms with Crippen molar-refractivity contribution in [3.63, 3.8) is 0 Å². The lowest BCUT2D eigenvalue weighted by Crippen LogP contribution is -2.28. The number of carbonyl (C=O) groups is 10. The Hall–Kier alpha value is -13.1. The molecule has 762 valence electrons. The fraction of sp³-hybridized carbons (Fsp3) is 0.477. The van der Waals surface area contributed by atoms with E-state index in [-0.39, 0.29) is 184 Å². The highest BCUT2D eigenvalue weighted by atomic mass is 16.7. The number of esters is 5. The first kappa shape index (κ1) is 114. The van der Waals surface area contributed by atoms with E-state index in [0.29, 0.717) is 111 Å². The van der Waals surface area contributed by atoms with Crippen LogP contribution in [-0.2, 0) is 104 Å². The van der Waals surface area contributed by atoms with Crippen molar-refractivity contribution >= 4 is 59.4 Å². The monoisotopic (exact) mass is 1940 g/mol. The van der Waals surface area contributed by atoms with E-state index in [9.17, 15) is 88.8 Å². The molecule has 140 heavy (non-hydrogen) atoms. The van der Waals surface area contributed by atoms with Gasteiger partial charge in [0, 0.05) is 111 Å². The van der Waals surface area contributed by atoms with Crippen LogP contribution < -0.4 is 0 Å². The third-order valence-electron chi connectivity index (χ3n) is 24.8. The molecule has 5 unspecified atom stereocenters. The van der Waals surface area contributed by atoms with E-state index < -0.39 is 30.0 Å². The maximum Gasteiger partial charge on any atom is 0.342 e. The number of hydrogen-bond donors (Lipinski definition) is 8. The number of aryl methyl sites for hydroxylation is 2. The second-order valence-corrected chi connectivity index (χ2v) is 35.9. The molecule has 6 aromatic rings. The molecule has 0 saturated carbocycles. The molecule has 0 radical (unpaired) electrons. The lowest BCUT2D eigenvalue weighted by Gasteiger charge is -2.24. The average molecular weight is 1950 g/mol. The molecule has 0 aliphatic carbocycles. The van der Waals surface area contributed by atoms with Gasteiger partial charge in [-0.2, -0.15) is 0 Å². The summed E-state index contributed by atoms with van der Waals surface area (Å²) in [5.74, 6) is -5.64. The smallest absolute Gasteiger partial charge is 0.342 e. The normalized spacial score (nSPS) is 20.6. The quantitative estimate of drug-likeness (QED) is 0.0182. The number of phenols is 8. The Morgan fingerprint density at radius 3 is 0.971 bits per heavy atom. The molecule has 5 aliphatic rings. The Kier molecular flexibility index (Phi) is 47.3. The Bertz CT molecular complexity index is 5180. The van der Waals surface area contributed by atoms with Crippen LogP contribution in [0.2, 0.25) is 0 Å². The van der Waals surface area contributed by atoms with Crippen LogP contribution in [0.25, 0.3) is 0 Å². The molecule has 33 nitrogen and oxygen atoms in total. The van der Waals surface area contributed by atoms with Crippen LogP contribution >= 0.6 is 0 Å². The zero-order chi connectivity index (χ0) is 103.